The van der Waals surface area contributed by atoms with Crippen molar-refractivity contribution in [2.45, 2.75) is 26.8 Å². The first-order chi connectivity index (χ1) is 5.17. The monoisotopic (exact) mass is 159 g/mol. The number of likely N-dealkylation sites (N-methyl/N-ethyl adjacent to an activating group) is 1. The van der Waals surface area contributed by atoms with Crippen LogP contribution in [0.15, 0.2) is 0 Å². The molecule has 0 aliphatic heterocycles. The van der Waals surface area contributed by atoms with Gasteiger partial charge >= 0.3 is 5.97 Å². The van der Waals surface area contributed by atoms with Crippen LogP contribution >= 0.6 is 0 Å². The number of carbonyl (C=O) groups is 1. The Kier molecular flexibility index (Phi) is 4.86. The molecule has 11 heavy (non-hydrogen) atoms. The zero-order chi connectivity index (χ0) is 8.85. The molecule has 0 N–H and O–H groups in total. The van der Waals surface area contributed by atoms with Crippen molar-refractivity contribution in [3.8, 4) is 0 Å². The van der Waals surface area contributed by atoms with E-state index in [0.717, 1.165) is 13.1 Å². The van der Waals surface area contributed by atoms with E-state index >= 15 is 0 Å². The van der Waals surface area contributed by atoms with Gasteiger partial charge in [-0.3, -0.25) is 9.69 Å². The van der Waals surface area contributed by atoms with Gasteiger partial charge in [-0.1, -0.05) is 13.8 Å². The first-order valence-electron chi connectivity index (χ1n) is 3.99. The summed E-state index contributed by atoms with van der Waals surface area (Å²) in [6.45, 7) is 7.68. The molecule has 0 aromatic carbocycles. The molecule has 0 fully saturated rings. The Hall–Kier alpha value is -0.570. The molecule has 1 unspecified atom stereocenters. The van der Waals surface area contributed by atoms with Gasteiger partial charge in [-0.15, -0.1) is 0 Å². The summed E-state index contributed by atoms with van der Waals surface area (Å²) in [4.78, 5) is 13.1. The van der Waals surface area contributed by atoms with Crippen LogP contribution in [0, 0.1) is 0 Å². The molecule has 0 aromatic heterocycles. The number of hydrogen-bond acceptors (Lipinski definition) is 3. The Morgan fingerprint density at radius 2 is 1.91 bits per heavy atom. The van der Waals surface area contributed by atoms with Crippen LogP contribution in [-0.4, -0.2) is 37.1 Å². The summed E-state index contributed by atoms with van der Waals surface area (Å²) in [7, 11) is 1.42. The zero-order valence-corrected chi connectivity index (χ0v) is 7.76. The Balaban J connectivity index is 3.97. The smallest absolute Gasteiger partial charge is 0.322 e. The van der Waals surface area contributed by atoms with E-state index in [1.807, 2.05) is 25.7 Å². The average Bonchev–Trinajstić information content (AvgIpc) is 2.05. The number of hydrogen-bond donors (Lipinski definition) is 0. The molecule has 0 radical (unpaired) electrons. The van der Waals surface area contributed by atoms with E-state index < -0.39 is 0 Å². The molecule has 0 aliphatic rings. The van der Waals surface area contributed by atoms with E-state index in [9.17, 15) is 4.79 Å². The third-order valence-corrected chi connectivity index (χ3v) is 1.90. The van der Waals surface area contributed by atoms with Crippen LogP contribution in [0.2, 0.25) is 0 Å². The predicted molar refractivity (Wildman–Crippen MR) is 44.4 cm³/mol. The van der Waals surface area contributed by atoms with E-state index in [2.05, 4.69) is 4.74 Å². The minimum Gasteiger partial charge on any atom is -0.468 e. The van der Waals surface area contributed by atoms with Gasteiger partial charge in [-0.25, -0.2) is 0 Å². The lowest BCUT2D eigenvalue weighted by atomic mass is 10.3. The van der Waals surface area contributed by atoms with Crippen molar-refractivity contribution < 1.29 is 9.53 Å². The Morgan fingerprint density at radius 3 is 2.18 bits per heavy atom. The molecular formula is C8H17NO2. The molecule has 0 rings (SSSR count). The van der Waals surface area contributed by atoms with Crippen LogP contribution in [-0.2, 0) is 9.53 Å². The van der Waals surface area contributed by atoms with Crippen LogP contribution in [0.5, 0.6) is 0 Å². The molecule has 0 saturated carbocycles. The van der Waals surface area contributed by atoms with Crippen molar-refractivity contribution in [2.75, 3.05) is 20.2 Å². The van der Waals surface area contributed by atoms with Gasteiger partial charge in [0.15, 0.2) is 0 Å². The molecule has 0 heterocycles. The maximum Gasteiger partial charge on any atom is 0.322 e. The van der Waals surface area contributed by atoms with Crippen molar-refractivity contribution in [1.29, 1.82) is 0 Å². The second-order valence-corrected chi connectivity index (χ2v) is 2.42. The topological polar surface area (TPSA) is 29.5 Å². The summed E-state index contributed by atoms with van der Waals surface area (Å²) in [6, 6.07) is -0.116. The highest BCUT2D eigenvalue weighted by atomic mass is 16.5. The number of carbonyl (C=O) groups excluding carboxylic acids is 1. The van der Waals surface area contributed by atoms with E-state index in [-0.39, 0.29) is 12.0 Å². The van der Waals surface area contributed by atoms with E-state index in [1.165, 1.54) is 7.11 Å². The Labute approximate surface area is 68.3 Å². The van der Waals surface area contributed by atoms with Crippen LogP contribution in [0.3, 0.4) is 0 Å². The molecule has 0 aromatic rings. The fourth-order valence-electron chi connectivity index (χ4n) is 1.09. The van der Waals surface area contributed by atoms with Crippen LogP contribution in [0.4, 0.5) is 0 Å². The summed E-state index contributed by atoms with van der Waals surface area (Å²) < 4.78 is 4.62. The lowest BCUT2D eigenvalue weighted by Crippen LogP contribution is -2.39. The van der Waals surface area contributed by atoms with Crippen LogP contribution < -0.4 is 0 Å². The number of ether oxygens (including phenoxy) is 1. The van der Waals surface area contributed by atoms with Gasteiger partial charge in [-0.2, -0.15) is 0 Å². The molecule has 3 heteroatoms. The largest absolute Gasteiger partial charge is 0.468 e. The molecule has 3 nitrogen and oxygen atoms in total. The first-order valence-corrected chi connectivity index (χ1v) is 3.99. The third kappa shape index (κ3) is 2.89. The van der Waals surface area contributed by atoms with Crippen molar-refractivity contribution in [1.82, 2.24) is 4.90 Å². The molecule has 66 valence electrons. The van der Waals surface area contributed by atoms with Gasteiger partial charge in [0.05, 0.1) is 7.11 Å². The van der Waals surface area contributed by atoms with Crippen molar-refractivity contribution in [3.63, 3.8) is 0 Å². The van der Waals surface area contributed by atoms with Gasteiger partial charge in [0, 0.05) is 0 Å². The van der Waals surface area contributed by atoms with Crippen molar-refractivity contribution in [3.05, 3.63) is 0 Å². The molecule has 0 spiro atoms. The molecule has 0 aliphatic carbocycles. The Morgan fingerprint density at radius 1 is 1.45 bits per heavy atom. The van der Waals surface area contributed by atoms with Gasteiger partial charge in [0.2, 0.25) is 0 Å². The van der Waals surface area contributed by atoms with Crippen molar-refractivity contribution in [2.24, 2.45) is 0 Å². The first kappa shape index (κ1) is 10.4. The fourth-order valence-corrected chi connectivity index (χ4v) is 1.09. The standard InChI is InChI=1S/C8H17NO2/c1-5-9(6-2)7(3)8(10)11-4/h7H,5-6H2,1-4H3. The fraction of sp³-hybridized carbons (Fsp3) is 0.875. The minimum absolute atomic E-state index is 0.116. The zero-order valence-electron chi connectivity index (χ0n) is 7.76. The minimum atomic E-state index is -0.159. The highest BCUT2D eigenvalue weighted by Gasteiger charge is 2.18. The summed E-state index contributed by atoms with van der Waals surface area (Å²) in [6.07, 6.45) is 0. The van der Waals surface area contributed by atoms with E-state index in [1.54, 1.807) is 0 Å². The maximum absolute atomic E-state index is 11.0. The third-order valence-electron chi connectivity index (χ3n) is 1.90. The molecular weight excluding hydrogens is 142 g/mol. The van der Waals surface area contributed by atoms with Gasteiger partial charge in [0.25, 0.3) is 0 Å². The predicted octanol–water partition coefficient (Wildman–Crippen LogP) is 0.890. The summed E-state index contributed by atoms with van der Waals surface area (Å²) >= 11 is 0. The summed E-state index contributed by atoms with van der Waals surface area (Å²) in [5.41, 5.74) is 0. The highest BCUT2D eigenvalue weighted by Crippen LogP contribution is 1.99. The average molecular weight is 159 g/mol. The second-order valence-electron chi connectivity index (χ2n) is 2.42. The van der Waals surface area contributed by atoms with Gasteiger partial charge < -0.3 is 4.74 Å². The van der Waals surface area contributed by atoms with Crippen LogP contribution in [0.25, 0.3) is 0 Å². The van der Waals surface area contributed by atoms with Gasteiger partial charge in [-0.05, 0) is 20.0 Å². The Bertz CT molecular complexity index is 121. The quantitative estimate of drug-likeness (QED) is 0.570. The maximum atomic E-state index is 11.0. The number of nitrogens with zero attached hydrogens (tertiary/aromatic N) is 1. The lowest BCUT2D eigenvalue weighted by molar-refractivity contribution is -0.146. The number of esters is 1. The second kappa shape index (κ2) is 5.13. The summed E-state index contributed by atoms with van der Waals surface area (Å²) in [5.74, 6) is -0.159. The summed E-state index contributed by atoms with van der Waals surface area (Å²) in [5, 5.41) is 0. The van der Waals surface area contributed by atoms with E-state index in [4.69, 9.17) is 0 Å². The van der Waals surface area contributed by atoms with Crippen molar-refractivity contribution >= 4 is 5.97 Å². The lowest BCUT2D eigenvalue weighted by Gasteiger charge is -2.23. The SMILES string of the molecule is CCN(CC)C(C)C(=O)OC. The number of methoxy groups -OCH3 is 1. The molecule has 0 bridgehead atoms. The van der Waals surface area contributed by atoms with Crippen LogP contribution in [0.1, 0.15) is 20.8 Å². The van der Waals surface area contributed by atoms with Gasteiger partial charge in [0.1, 0.15) is 6.04 Å². The normalized spacial score (nSPS) is 13.2. The van der Waals surface area contributed by atoms with E-state index in [0.29, 0.717) is 0 Å². The highest BCUT2D eigenvalue weighted by molar-refractivity contribution is 5.75. The number of rotatable bonds is 4. The molecule has 0 saturated heterocycles. The molecule has 0 amide bonds. The molecule has 1 atom stereocenters.